The Balaban J connectivity index is 2.25. The molecule has 1 heterocycles. The molecule has 0 aliphatic heterocycles. The van der Waals surface area contributed by atoms with Gasteiger partial charge in [-0.2, -0.15) is 0 Å². The molecule has 0 radical (unpaired) electrons. The summed E-state index contributed by atoms with van der Waals surface area (Å²) in [6.45, 7) is 6.56. The lowest BCUT2D eigenvalue weighted by atomic mass is 9.73. The lowest BCUT2D eigenvalue weighted by molar-refractivity contribution is 0.377. The molecule has 2 rings (SSSR count). The van der Waals surface area contributed by atoms with Crippen LogP contribution >= 0.6 is 0 Å². The second-order valence-corrected chi connectivity index (χ2v) is 5.49. The molecular weight excluding hydrogens is 246 g/mol. The van der Waals surface area contributed by atoms with Crippen LogP contribution in [0, 0.1) is 0 Å². The highest BCUT2D eigenvalue weighted by atomic mass is 16.3. The lowest BCUT2D eigenvalue weighted by Gasteiger charge is -2.34. The Labute approximate surface area is 122 Å². The van der Waals surface area contributed by atoms with Gasteiger partial charge in [0.1, 0.15) is 0 Å². The van der Waals surface area contributed by atoms with Gasteiger partial charge in [0.15, 0.2) is 0 Å². The van der Waals surface area contributed by atoms with E-state index in [0.29, 0.717) is 0 Å². The van der Waals surface area contributed by atoms with Crippen LogP contribution in [-0.2, 0) is 11.8 Å². The minimum absolute atomic E-state index is 0.139. The first kappa shape index (κ1) is 14.9. The molecule has 1 aromatic carbocycles. The zero-order valence-corrected chi connectivity index (χ0v) is 12.6. The van der Waals surface area contributed by atoms with Crippen LogP contribution in [0.4, 0.5) is 0 Å². The highest BCUT2D eigenvalue weighted by molar-refractivity contribution is 5.29. The largest absolute Gasteiger partial charge is 0.472 e. The Bertz CT molecular complexity index is 477. The van der Waals surface area contributed by atoms with Crippen molar-refractivity contribution in [2.45, 2.75) is 38.5 Å². The molecular formula is C18H25NO. The number of hydrogen-bond acceptors (Lipinski definition) is 2. The van der Waals surface area contributed by atoms with Gasteiger partial charge < -0.3 is 9.73 Å². The maximum Gasteiger partial charge on any atom is 0.0934 e. The summed E-state index contributed by atoms with van der Waals surface area (Å²) in [4.78, 5) is 0. The van der Waals surface area contributed by atoms with Gasteiger partial charge in [-0.05, 0) is 43.0 Å². The van der Waals surface area contributed by atoms with Crippen LogP contribution in [0.3, 0.4) is 0 Å². The van der Waals surface area contributed by atoms with Crippen LogP contribution in [0.5, 0.6) is 0 Å². The summed E-state index contributed by atoms with van der Waals surface area (Å²) in [5.41, 5.74) is 2.82. The third-order valence-electron chi connectivity index (χ3n) is 4.08. The molecule has 0 saturated heterocycles. The summed E-state index contributed by atoms with van der Waals surface area (Å²) >= 11 is 0. The highest BCUT2D eigenvalue weighted by Gasteiger charge is 2.30. The van der Waals surface area contributed by atoms with E-state index in [-0.39, 0.29) is 5.41 Å². The van der Waals surface area contributed by atoms with Gasteiger partial charge in [0.05, 0.1) is 12.5 Å². The van der Waals surface area contributed by atoms with Crippen LogP contribution in [0.1, 0.15) is 37.8 Å². The highest BCUT2D eigenvalue weighted by Crippen LogP contribution is 2.31. The average molecular weight is 271 g/mol. The van der Waals surface area contributed by atoms with E-state index in [4.69, 9.17) is 4.42 Å². The maximum atomic E-state index is 5.25. The normalized spacial score (nSPS) is 14.1. The van der Waals surface area contributed by atoms with E-state index in [9.17, 15) is 0 Å². The van der Waals surface area contributed by atoms with Crippen molar-refractivity contribution in [3.8, 4) is 0 Å². The van der Waals surface area contributed by atoms with Gasteiger partial charge in [-0.1, -0.05) is 44.2 Å². The van der Waals surface area contributed by atoms with Gasteiger partial charge in [-0.15, -0.1) is 0 Å². The number of benzene rings is 1. The Kier molecular flexibility index (Phi) is 5.42. The lowest BCUT2D eigenvalue weighted by Crippen LogP contribution is -2.40. The van der Waals surface area contributed by atoms with E-state index in [0.717, 1.165) is 25.9 Å². The summed E-state index contributed by atoms with van der Waals surface area (Å²) in [6, 6.07) is 12.9. The van der Waals surface area contributed by atoms with Crippen molar-refractivity contribution in [1.82, 2.24) is 5.32 Å². The fraction of sp³-hybridized carbons (Fsp3) is 0.444. The first-order valence-electron chi connectivity index (χ1n) is 7.58. The van der Waals surface area contributed by atoms with E-state index >= 15 is 0 Å². The molecule has 2 nitrogen and oxygen atoms in total. The van der Waals surface area contributed by atoms with Gasteiger partial charge in [-0.25, -0.2) is 0 Å². The van der Waals surface area contributed by atoms with Crippen LogP contribution in [-0.4, -0.2) is 13.1 Å². The molecule has 0 amide bonds. The Morgan fingerprint density at radius 2 is 1.90 bits per heavy atom. The van der Waals surface area contributed by atoms with E-state index < -0.39 is 0 Å². The molecule has 2 aromatic rings. The summed E-state index contributed by atoms with van der Waals surface area (Å²) in [7, 11) is 0. The van der Waals surface area contributed by atoms with Crippen LogP contribution in [0.2, 0.25) is 0 Å². The van der Waals surface area contributed by atoms with Crippen LogP contribution < -0.4 is 5.32 Å². The third-order valence-corrected chi connectivity index (χ3v) is 4.08. The predicted octanol–water partition coefficient (Wildman–Crippen LogP) is 4.17. The van der Waals surface area contributed by atoms with Gasteiger partial charge in [0.25, 0.3) is 0 Å². The molecule has 2 heteroatoms. The molecule has 20 heavy (non-hydrogen) atoms. The SMILES string of the molecule is CCCNCC(CC)(Cc1ccoc1)c1ccccc1. The summed E-state index contributed by atoms with van der Waals surface area (Å²) in [6.07, 6.45) is 6.92. The summed E-state index contributed by atoms with van der Waals surface area (Å²) < 4.78 is 5.25. The zero-order valence-electron chi connectivity index (χ0n) is 12.6. The summed E-state index contributed by atoms with van der Waals surface area (Å²) in [5, 5.41) is 3.61. The number of rotatable bonds is 8. The molecule has 0 bridgehead atoms. The van der Waals surface area contributed by atoms with Crippen molar-refractivity contribution in [3.05, 3.63) is 60.1 Å². The molecule has 0 aliphatic carbocycles. The van der Waals surface area contributed by atoms with Gasteiger partial charge in [0, 0.05) is 12.0 Å². The second-order valence-electron chi connectivity index (χ2n) is 5.49. The topological polar surface area (TPSA) is 25.2 Å². The predicted molar refractivity (Wildman–Crippen MR) is 84.0 cm³/mol. The first-order chi connectivity index (χ1) is 9.80. The Hall–Kier alpha value is -1.54. The van der Waals surface area contributed by atoms with E-state index in [1.165, 1.54) is 17.5 Å². The smallest absolute Gasteiger partial charge is 0.0934 e. The molecule has 1 atom stereocenters. The molecule has 1 N–H and O–H groups in total. The van der Waals surface area contributed by atoms with E-state index in [2.05, 4.69) is 55.6 Å². The number of hydrogen-bond donors (Lipinski definition) is 1. The van der Waals surface area contributed by atoms with Crippen molar-refractivity contribution in [2.24, 2.45) is 0 Å². The molecule has 0 fully saturated rings. The van der Waals surface area contributed by atoms with Gasteiger partial charge >= 0.3 is 0 Å². The minimum Gasteiger partial charge on any atom is -0.472 e. The molecule has 0 spiro atoms. The monoisotopic (exact) mass is 271 g/mol. The number of furan rings is 1. The fourth-order valence-electron chi connectivity index (χ4n) is 2.80. The molecule has 1 unspecified atom stereocenters. The van der Waals surface area contributed by atoms with Crippen molar-refractivity contribution in [3.63, 3.8) is 0 Å². The fourth-order valence-corrected chi connectivity index (χ4v) is 2.80. The van der Waals surface area contributed by atoms with Crippen molar-refractivity contribution in [1.29, 1.82) is 0 Å². The molecule has 1 aromatic heterocycles. The van der Waals surface area contributed by atoms with Crippen molar-refractivity contribution >= 4 is 0 Å². The Morgan fingerprint density at radius 1 is 1.10 bits per heavy atom. The molecule has 108 valence electrons. The quantitative estimate of drug-likeness (QED) is 0.729. The third kappa shape index (κ3) is 3.51. The average Bonchev–Trinajstić information content (AvgIpc) is 3.00. The molecule has 0 saturated carbocycles. The minimum atomic E-state index is 0.139. The maximum absolute atomic E-state index is 5.25. The summed E-state index contributed by atoms with van der Waals surface area (Å²) in [5.74, 6) is 0. The molecule has 0 aliphatic rings. The zero-order chi connectivity index (χ0) is 14.3. The number of nitrogens with one attached hydrogen (secondary N) is 1. The van der Waals surface area contributed by atoms with Gasteiger partial charge in [-0.3, -0.25) is 0 Å². The standard InChI is InChI=1S/C18H25NO/c1-3-11-19-15-18(4-2,13-16-10-12-20-14-16)17-8-6-5-7-9-17/h5-10,12,14,19H,3-4,11,13,15H2,1-2H3. The van der Waals surface area contributed by atoms with E-state index in [1.807, 2.05) is 6.26 Å². The second kappa shape index (κ2) is 7.30. The van der Waals surface area contributed by atoms with Crippen LogP contribution in [0.15, 0.2) is 53.3 Å². The van der Waals surface area contributed by atoms with Gasteiger partial charge in [0.2, 0.25) is 0 Å². The van der Waals surface area contributed by atoms with E-state index in [1.54, 1.807) is 6.26 Å². The van der Waals surface area contributed by atoms with Crippen molar-refractivity contribution < 1.29 is 4.42 Å². The van der Waals surface area contributed by atoms with Crippen LogP contribution in [0.25, 0.3) is 0 Å². The first-order valence-corrected chi connectivity index (χ1v) is 7.58. The van der Waals surface area contributed by atoms with Crippen molar-refractivity contribution in [2.75, 3.05) is 13.1 Å². The Morgan fingerprint density at radius 3 is 2.50 bits per heavy atom.